The minimum atomic E-state index is -0.380. The van der Waals surface area contributed by atoms with E-state index in [1.54, 1.807) is 18.3 Å². The maximum Gasteiger partial charge on any atom is 0.337 e. The molecule has 4 aliphatic rings. The summed E-state index contributed by atoms with van der Waals surface area (Å²) < 4.78 is 6.80. The number of methoxy groups -OCH3 is 1. The van der Waals surface area contributed by atoms with E-state index in [-0.39, 0.29) is 41.5 Å². The smallest absolute Gasteiger partial charge is 0.337 e. The van der Waals surface area contributed by atoms with Gasteiger partial charge < -0.3 is 9.30 Å². The first kappa shape index (κ1) is 20.4. The summed E-state index contributed by atoms with van der Waals surface area (Å²) in [6.07, 6.45) is 7.74. The summed E-state index contributed by atoms with van der Waals surface area (Å²) in [6, 6.07) is 9.12. The number of rotatable bonds is 4. The van der Waals surface area contributed by atoms with Crippen LogP contribution in [0.15, 0.2) is 47.6 Å². The summed E-state index contributed by atoms with van der Waals surface area (Å²) in [6.45, 7) is 3.93. The van der Waals surface area contributed by atoms with Crippen molar-refractivity contribution in [1.82, 2.24) is 9.58 Å². The van der Waals surface area contributed by atoms with Crippen LogP contribution in [-0.4, -0.2) is 40.7 Å². The first-order valence-corrected chi connectivity index (χ1v) is 10.9. The van der Waals surface area contributed by atoms with E-state index in [4.69, 9.17) is 4.74 Å². The highest BCUT2D eigenvalue weighted by atomic mass is 16.5. The Kier molecular flexibility index (Phi) is 4.84. The lowest BCUT2D eigenvalue weighted by atomic mass is 9.63. The number of amides is 2. The van der Waals surface area contributed by atoms with Crippen LogP contribution in [0.25, 0.3) is 5.69 Å². The number of carbonyl (C=O) groups is 3. The van der Waals surface area contributed by atoms with Crippen LogP contribution in [0, 0.1) is 37.5 Å². The molecule has 4 atom stereocenters. The minimum Gasteiger partial charge on any atom is -0.465 e. The fourth-order valence-electron chi connectivity index (χ4n) is 5.47. The Morgan fingerprint density at radius 1 is 1.03 bits per heavy atom. The number of fused-ring (bicyclic) bond motifs is 1. The second-order valence-corrected chi connectivity index (χ2v) is 8.77. The van der Waals surface area contributed by atoms with Gasteiger partial charge in [-0.05, 0) is 68.9 Å². The topological polar surface area (TPSA) is 81.0 Å². The number of allylic oxidation sites excluding steroid dienone is 2. The molecule has 1 aliphatic heterocycles. The fraction of sp³-hybridized carbons (Fsp3) is 0.360. The van der Waals surface area contributed by atoms with Crippen molar-refractivity contribution in [2.24, 2.45) is 28.8 Å². The molecule has 0 radical (unpaired) electrons. The molecule has 0 spiro atoms. The summed E-state index contributed by atoms with van der Waals surface area (Å²) in [5.74, 6) is -0.952. The number of hydrazone groups is 1. The molecular weight excluding hydrogens is 406 g/mol. The molecule has 32 heavy (non-hydrogen) atoms. The molecule has 3 aliphatic carbocycles. The number of aromatic nitrogens is 1. The third kappa shape index (κ3) is 3.03. The Labute approximate surface area is 186 Å². The quantitative estimate of drug-likeness (QED) is 0.322. The molecule has 2 fully saturated rings. The van der Waals surface area contributed by atoms with Gasteiger partial charge in [0.15, 0.2) is 0 Å². The lowest BCUT2D eigenvalue weighted by molar-refractivity contribution is -0.140. The van der Waals surface area contributed by atoms with Gasteiger partial charge in [-0.25, -0.2) is 4.79 Å². The number of carbonyl (C=O) groups excluding carboxylic acids is 3. The van der Waals surface area contributed by atoms with Crippen molar-refractivity contribution >= 4 is 24.0 Å². The van der Waals surface area contributed by atoms with Crippen molar-refractivity contribution in [1.29, 1.82) is 0 Å². The predicted octanol–water partition coefficient (Wildman–Crippen LogP) is 3.41. The van der Waals surface area contributed by atoms with Crippen molar-refractivity contribution in [3.63, 3.8) is 0 Å². The molecule has 2 bridgehead atoms. The van der Waals surface area contributed by atoms with Gasteiger partial charge >= 0.3 is 5.97 Å². The molecule has 2 aromatic rings. The Hall–Kier alpha value is -3.48. The van der Waals surface area contributed by atoms with Gasteiger partial charge in [-0.3, -0.25) is 9.59 Å². The zero-order valence-electron chi connectivity index (χ0n) is 18.3. The summed E-state index contributed by atoms with van der Waals surface area (Å²) in [5, 5.41) is 5.43. The number of benzene rings is 1. The zero-order chi connectivity index (χ0) is 22.6. The van der Waals surface area contributed by atoms with Gasteiger partial charge in [0.05, 0.1) is 30.7 Å². The molecule has 1 saturated heterocycles. The zero-order valence-corrected chi connectivity index (χ0v) is 18.3. The van der Waals surface area contributed by atoms with Crippen LogP contribution >= 0.6 is 0 Å². The summed E-state index contributed by atoms with van der Waals surface area (Å²) >= 11 is 0. The van der Waals surface area contributed by atoms with Gasteiger partial charge in [0.25, 0.3) is 11.8 Å². The molecule has 7 heteroatoms. The average Bonchev–Trinajstić information content (AvgIpc) is 3.25. The Morgan fingerprint density at radius 2 is 1.62 bits per heavy atom. The number of aryl methyl sites for hydroxylation is 1. The van der Waals surface area contributed by atoms with Crippen molar-refractivity contribution in [2.45, 2.75) is 26.7 Å². The Bertz CT molecular complexity index is 1140. The second kappa shape index (κ2) is 7.58. The van der Waals surface area contributed by atoms with Gasteiger partial charge in [-0.1, -0.05) is 12.2 Å². The third-order valence-electron chi connectivity index (χ3n) is 7.07. The van der Waals surface area contributed by atoms with Crippen molar-refractivity contribution in [3.05, 3.63) is 65.0 Å². The van der Waals surface area contributed by atoms with Gasteiger partial charge in [0, 0.05) is 22.6 Å². The van der Waals surface area contributed by atoms with Crippen LogP contribution in [0.1, 0.15) is 40.2 Å². The molecule has 7 nitrogen and oxygen atoms in total. The average molecular weight is 431 g/mol. The third-order valence-corrected chi connectivity index (χ3v) is 7.07. The van der Waals surface area contributed by atoms with E-state index in [2.05, 4.69) is 17.3 Å². The second-order valence-electron chi connectivity index (χ2n) is 8.77. The van der Waals surface area contributed by atoms with Crippen LogP contribution in [0.2, 0.25) is 0 Å². The number of esters is 1. The van der Waals surface area contributed by atoms with E-state index < -0.39 is 0 Å². The maximum absolute atomic E-state index is 13.0. The van der Waals surface area contributed by atoms with Crippen molar-refractivity contribution in [2.75, 3.05) is 7.11 Å². The molecule has 1 aromatic heterocycles. The molecule has 1 saturated carbocycles. The van der Waals surface area contributed by atoms with E-state index in [9.17, 15) is 14.4 Å². The molecule has 0 N–H and O–H groups in total. The standard InChI is InChI=1S/C25H25N3O4/c1-14-12-19(15(2)27(14)20-10-8-18(9-11-20)25(31)32-3)13-26-28-23(29)21-16-4-5-17(7-6-16)22(21)24(28)30/h4-5,8-13,16-17,21-22H,6-7H2,1-3H3/b26-13-/t16-,17-,21-,22-/m0/s1. The van der Waals surface area contributed by atoms with Crippen molar-refractivity contribution < 1.29 is 19.1 Å². The van der Waals surface area contributed by atoms with Crippen LogP contribution in [0.4, 0.5) is 0 Å². The van der Waals surface area contributed by atoms with Crippen LogP contribution < -0.4 is 0 Å². The number of hydrogen-bond acceptors (Lipinski definition) is 5. The first-order valence-electron chi connectivity index (χ1n) is 10.9. The van der Waals surface area contributed by atoms with Crippen LogP contribution in [0.5, 0.6) is 0 Å². The molecule has 2 heterocycles. The highest BCUT2D eigenvalue weighted by Crippen LogP contribution is 2.49. The predicted molar refractivity (Wildman–Crippen MR) is 118 cm³/mol. The summed E-state index contributed by atoms with van der Waals surface area (Å²) in [7, 11) is 1.36. The van der Waals surface area contributed by atoms with Gasteiger partial charge in [-0.2, -0.15) is 10.1 Å². The minimum absolute atomic E-state index is 0.152. The Balaban J connectivity index is 1.41. The number of nitrogens with zero attached hydrogens (tertiary/aromatic N) is 3. The van der Waals surface area contributed by atoms with E-state index >= 15 is 0 Å². The van der Waals surface area contributed by atoms with Crippen LogP contribution in [-0.2, 0) is 14.3 Å². The molecular formula is C25H25N3O4. The lowest BCUT2D eigenvalue weighted by Crippen LogP contribution is -2.38. The maximum atomic E-state index is 13.0. The normalized spacial score (nSPS) is 26.3. The largest absolute Gasteiger partial charge is 0.465 e. The van der Waals surface area contributed by atoms with E-state index in [1.165, 1.54) is 7.11 Å². The highest BCUT2D eigenvalue weighted by Gasteiger charge is 2.56. The highest BCUT2D eigenvalue weighted by molar-refractivity contribution is 6.06. The number of hydrogen-bond donors (Lipinski definition) is 0. The van der Waals surface area contributed by atoms with Crippen molar-refractivity contribution in [3.8, 4) is 5.69 Å². The Morgan fingerprint density at radius 3 is 2.16 bits per heavy atom. The monoisotopic (exact) mass is 431 g/mol. The summed E-state index contributed by atoms with van der Waals surface area (Å²) in [5.41, 5.74) is 4.11. The molecule has 0 unspecified atom stereocenters. The van der Waals surface area contributed by atoms with Gasteiger partial charge in [0.2, 0.25) is 0 Å². The van der Waals surface area contributed by atoms with E-state index in [0.717, 1.165) is 40.5 Å². The first-order chi connectivity index (χ1) is 15.4. The van der Waals surface area contributed by atoms with Gasteiger partial charge in [0.1, 0.15) is 0 Å². The number of ether oxygens (including phenoxy) is 1. The van der Waals surface area contributed by atoms with Crippen LogP contribution in [0.3, 0.4) is 0 Å². The molecule has 2 amide bonds. The number of imide groups is 1. The molecule has 6 rings (SSSR count). The lowest BCUT2D eigenvalue weighted by Gasteiger charge is -2.37. The fourth-order valence-corrected chi connectivity index (χ4v) is 5.47. The SMILES string of the molecule is COC(=O)c1ccc(-n2c(C)cc(/C=N\N3C(=O)[C@@H]4[C@@H](C3=O)[C@H]3C=C[C@H]4CC3)c2C)cc1. The molecule has 164 valence electrons. The molecule has 1 aromatic carbocycles. The summed E-state index contributed by atoms with van der Waals surface area (Å²) in [4.78, 5) is 37.6. The van der Waals surface area contributed by atoms with E-state index in [0.29, 0.717) is 5.56 Å². The van der Waals surface area contributed by atoms with Gasteiger partial charge in [-0.15, -0.1) is 0 Å². The van der Waals surface area contributed by atoms with E-state index in [1.807, 2.05) is 36.6 Å².